The predicted molar refractivity (Wildman–Crippen MR) is 84.6 cm³/mol. The van der Waals surface area contributed by atoms with Gasteiger partial charge in [-0.3, -0.25) is 4.79 Å². The molecule has 0 atom stereocenters. The third-order valence-corrected chi connectivity index (χ3v) is 3.93. The molecule has 7 heteroatoms. The van der Waals surface area contributed by atoms with E-state index in [9.17, 15) is 24.6 Å². The highest BCUT2D eigenvalue weighted by Gasteiger charge is 2.15. The van der Waals surface area contributed by atoms with Crippen LogP contribution in [0.3, 0.4) is 0 Å². The zero-order valence-electron chi connectivity index (χ0n) is 13.5. The molecule has 0 fully saturated rings. The Morgan fingerprint density at radius 2 is 1.92 bits per heavy atom. The van der Waals surface area contributed by atoms with Crippen molar-refractivity contribution in [2.45, 2.75) is 33.1 Å². The molecule has 2 N–H and O–H groups in total. The van der Waals surface area contributed by atoms with Crippen molar-refractivity contribution < 1.29 is 24.2 Å². The Bertz CT molecular complexity index is 852. The molecule has 1 heterocycles. The molecule has 0 unspecified atom stereocenters. The van der Waals surface area contributed by atoms with Crippen molar-refractivity contribution in [2.24, 2.45) is 0 Å². The molecule has 1 amide bonds. The topological polar surface area (TPSA) is 120 Å². The first-order valence-electron chi connectivity index (χ1n) is 7.52. The predicted octanol–water partition coefficient (Wildman–Crippen LogP) is 0.304. The molecule has 0 saturated carbocycles. The molecular weight excluding hydrogens is 314 g/mol. The number of benzene rings is 1. The quantitative estimate of drug-likeness (QED) is 0.734. The fourth-order valence-corrected chi connectivity index (χ4v) is 2.50. The van der Waals surface area contributed by atoms with Crippen molar-refractivity contribution in [3.8, 4) is 5.75 Å². The number of amides is 1. The van der Waals surface area contributed by atoms with Gasteiger partial charge in [-0.25, -0.2) is 4.79 Å². The summed E-state index contributed by atoms with van der Waals surface area (Å²) in [6, 6.07) is 3.19. The monoisotopic (exact) mass is 332 g/mol. The summed E-state index contributed by atoms with van der Waals surface area (Å²) in [6.07, 6.45) is -0.0337. The van der Waals surface area contributed by atoms with E-state index < -0.39 is 11.6 Å². The lowest BCUT2D eigenvalue weighted by Gasteiger charge is -2.10. The molecular formula is C17H18NO6-. The number of rotatable bonds is 6. The number of fused-ring (bicyclic) bond motifs is 1. The Labute approximate surface area is 137 Å². The third-order valence-electron chi connectivity index (χ3n) is 3.93. The second kappa shape index (κ2) is 7.16. The van der Waals surface area contributed by atoms with Crippen LogP contribution in [0.15, 0.2) is 21.3 Å². The summed E-state index contributed by atoms with van der Waals surface area (Å²) in [5, 5.41) is 23.2. The minimum Gasteiger partial charge on any atom is -0.550 e. The van der Waals surface area contributed by atoms with E-state index >= 15 is 0 Å². The van der Waals surface area contributed by atoms with E-state index in [1.807, 2.05) is 0 Å². The van der Waals surface area contributed by atoms with Crippen molar-refractivity contribution in [3.63, 3.8) is 0 Å². The maximum Gasteiger partial charge on any atom is 0.339 e. The lowest BCUT2D eigenvalue weighted by atomic mass is 10.0. The highest BCUT2D eigenvalue weighted by molar-refractivity contribution is 5.85. The van der Waals surface area contributed by atoms with E-state index in [0.717, 1.165) is 0 Å². The third kappa shape index (κ3) is 3.73. The van der Waals surface area contributed by atoms with Crippen molar-refractivity contribution in [2.75, 3.05) is 6.54 Å². The number of aromatic hydroxyl groups is 1. The number of carboxylic acids is 1. The van der Waals surface area contributed by atoms with Crippen LogP contribution in [0.1, 0.15) is 29.5 Å². The van der Waals surface area contributed by atoms with Crippen LogP contribution in [0.25, 0.3) is 11.0 Å². The SMILES string of the molecule is Cc1c(CCC(=O)NCCC(=O)[O-])c(=O)oc2c(C)c(O)ccc12. The summed E-state index contributed by atoms with van der Waals surface area (Å²) in [4.78, 5) is 34.2. The molecule has 24 heavy (non-hydrogen) atoms. The van der Waals surface area contributed by atoms with Crippen molar-refractivity contribution in [1.82, 2.24) is 5.32 Å². The fourth-order valence-electron chi connectivity index (χ4n) is 2.50. The van der Waals surface area contributed by atoms with Gasteiger partial charge < -0.3 is 24.7 Å². The summed E-state index contributed by atoms with van der Waals surface area (Å²) in [5.74, 6) is -1.54. The number of hydrogen-bond acceptors (Lipinski definition) is 6. The van der Waals surface area contributed by atoms with E-state index in [1.54, 1.807) is 19.9 Å². The van der Waals surface area contributed by atoms with Crippen LogP contribution in [0.4, 0.5) is 0 Å². The van der Waals surface area contributed by atoms with Crippen LogP contribution in [0.5, 0.6) is 5.75 Å². The molecule has 2 rings (SSSR count). The molecule has 0 bridgehead atoms. The smallest absolute Gasteiger partial charge is 0.339 e. The summed E-state index contributed by atoms with van der Waals surface area (Å²) in [6.45, 7) is 3.41. The first kappa shape index (κ1) is 17.5. The minimum absolute atomic E-state index is 0.00898. The lowest BCUT2D eigenvalue weighted by Crippen LogP contribution is -2.31. The number of nitrogens with one attached hydrogen (secondary N) is 1. The summed E-state index contributed by atoms with van der Waals surface area (Å²) >= 11 is 0. The van der Waals surface area contributed by atoms with Gasteiger partial charge in [0.25, 0.3) is 0 Å². The van der Waals surface area contributed by atoms with E-state index in [4.69, 9.17) is 4.42 Å². The normalized spacial score (nSPS) is 10.8. The van der Waals surface area contributed by atoms with E-state index in [1.165, 1.54) is 6.07 Å². The average molecular weight is 332 g/mol. The largest absolute Gasteiger partial charge is 0.550 e. The molecule has 0 aliphatic rings. The molecule has 1 aromatic carbocycles. The minimum atomic E-state index is -1.24. The average Bonchev–Trinajstić information content (AvgIpc) is 2.51. The van der Waals surface area contributed by atoms with Crippen LogP contribution < -0.4 is 16.0 Å². The van der Waals surface area contributed by atoms with E-state index in [0.29, 0.717) is 27.7 Å². The Kier molecular flexibility index (Phi) is 5.23. The number of aliphatic carboxylic acids is 1. The van der Waals surface area contributed by atoms with Gasteiger partial charge in [0.1, 0.15) is 11.3 Å². The van der Waals surface area contributed by atoms with Gasteiger partial charge in [0.15, 0.2) is 0 Å². The van der Waals surface area contributed by atoms with Crippen LogP contribution in [0, 0.1) is 13.8 Å². The van der Waals surface area contributed by atoms with Gasteiger partial charge in [-0.2, -0.15) is 0 Å². The Balaban J connectivity index is 2.18. The number of aryl methyl sites for hydroxylation is 2. The van der Waals surface area contributed by atoms with Crippen LogP contribution >= 0.6 is 0 Å². The second-order valence-corrected chi connectivity index (χ2v) is 5.55. The molecule has 0 spiro atoms. The zero-order chi connectivity index (χ0) is 17.9. The first-order chi connectivity index (χ1) is 11.3. The van der Waals surface area contributed by atoms with Crippen molar-refractivity contribution in [3.05, 3.63) is 39.2 Å². The number of hydrogen-bond donors (Lipinski definition) is 2. The maximum atomic E-state index is 12.2. The zero-order valence-corrected chi connectivity index (χ0v) is 13.5. The highest BCUT2D eigenvalue weighted by atomic mass is 16.4. The Morgan fingerprint density at radius 3 is 2.58 bits per heavy atom. The fraction of sp³-hybridized carbons (Fsp3) is 0.353. The first-order valence-corrected chi connectivity index (χ1v) is 7.52. The number of carboxylic acid groups (broad SMARTS) is 1. The van der Waals surface area contributed by atoms with E-state index in [-0.39, 0.29) is 37.5 Å². The molecule has 0 aliphatic heterocycles. The molecule has 7 nitrogen and oxygen atoms in total. The van der Waals surface area contributed by atoms with Crippen LogP contribution in [-0.2, 0) is 16.0 Å². The standard InChI is InChI=1S/C17H19NO6/c1-9-11-3-5-13(19)10(2)16(11)24-17(23)12(9)4-6-14(20)18-8-7-15(21)22/h3,5,19H,4,6-8H2,1-2H3,(H,18,20)(H,21,22)/p-1. The van der Waals surface area contributed by atoms with Crippen LogP contribution in [-0.4, -0.2) is 23.5 Å². The summed E-state index contributed by atoms with van der Waals surface area (Å²) < 4.78 is 5.30. The molecule has 1 aromatic heterocycles. The van der Waals surface area contributed by atoms with Crippen LogP contribution in [0.2, 0.25) is 0 Å². The van der Waals surface area contributed by atoms with Crippen molar-refractivity contribution in [1.29, 1.82) is 0 Å². The van der Waals surface area contributed by atoms with E-state index in [2.05, 4.69) is 5.32 Å². The molecule has 128 valence electrons. The molecule has 2 aromatic rings. The number of carbonyl (C=O) groups is 2. The maximum absolute atomic E-state index is 12.2. The summed E-state index contributed by atoms with van der Waals surface area (Å²) in [5.41, 5.74) is 1.37. The van der Waals surface area contributed by atoms with Gasteiger partial charge in [0.05, 0.1) is 0 Å². The van der Waals surface area contributed by atoms with Crippen molar-refractivity contribution >= 4 is 22.8 Å². The molecule has 0 saturated heterocycles. The second-order valence-electron chi connectivity index (χ2n) is 5.55. The van der Waals surface area contributed by atoms with Gasteiger partial charge in [0.2, 0.25) is 5.91 Å². The van der Waals surface area contributed by atoms with Gasteiger partial charge >= 0.3 is 5.63 Å². The highest BCUT2D eigenvalue weighted by Crippen LogP contribution is 2.28. The number of phenolic OH excluding ortho intramolecular Hbond substituents is 1. The Morgan fingerprint density at radius 1 is 1.21 bits per heavy atom. The molecule has 0 radical (unpaired) electrons. The lowest BCUT2D eigenvalue weighted by molar-refractivity contribution is -0.305. The summed E-state index contributed by atoms with van der Waals surface area (Å²) in [7, 11) is 0. The number of phenols is 1. The molecule has 0 aliphatic carbocycles. The van der Waals surface area contributed by atoms with Gasteiger partial charge in [-0.05, 0) is 38.0 Å². The number of carbonyl (C=O) groups excluding carboxylic acids is 2. The van der Waals surface area contributed by atoms with Gasteiger partial charge in [-0.15, -0.1) is 0 Å². The Hall–Kier alpha value is -2.83. The van der Waals surface area contributed by atoms with Gasteiger partial charge in [0, 0.05) is 41.9 Å². The van der Waals surface area contributed by atoms with Gasteiger partial charge in [-0.1, -0.05) is 0 Å².